The van der Waals surface area contributed by atoms with Crippen LogP contribution in [0.2, 0.25) is 0 Å². The maximum absolute atomic E-state index is 4.41. The molecule has 20 heavy (non-hydrogen) atoms. The summed E-state index contributed by atoms with van der Waals surface area (Å²) in [6.07, 6.45) is 6.54. The largest absolute Gasteiger partial charge is 0.356 e. The zero-order valence-electron chi connectivity index (χ0n) is 13.0. The fourth-order valence-corrected chi connectivity index (χ4v) is 3.62. The SMILES string of the molecule is CN=C(NCC1(C)CCCC1)N(C)CCc1cccs1. The first-order valence-electron chi connectivity index (χ1n) is 7.57. The lowest BCUT2D eigenvalue weighted by molar-refractivity contribution is 0.327. The van der Waals surface area contributed by atoms with E-state index in [1.165, 1.54) is 30.6 Å². The zero-order valence-corrected chi connectivity index (χ0v) is 13.8. The molecule has 0 atom stereocenters. The summed E-state index contributed by atoms with van der Waals surface area (Å²) in [4.78, 5) is 8.09. The Morgan fingerprint density at radius 1 is 1.45 bits per heavy atom. The first-order chi connectivity index (χ1) is 9.63. The average molecular weight is 293 g/mol. The van der Waals surface area contributed by atoms with Crippen LogP contribution >= 0.6 is 11.3 Å². The molecule has 2 rings (SSSR count). The third-order valence-corrected chi connectivity index (χ3v) is 5.27. The molecule has 1 N–H and O–H groups in total. The Hall–Kier alpha value is -1.03. The number of guanidine groups is 1. The number of hydrogen-bond acceptors (Lipinski definition) is 2. The summed E-state index contributed by atoms with van der Waals surface area (Å²) in [5.74, 6) is 1.02. The minimum Gasteiger partial charge on any atom is -0.356 e. The number of hydrogen-bond donors (Lipinski definition) is 1. The normalized spacial score (nSPS) is 18.2. The van der Waals surface area contributed by atoms with Gasteiger partial charge in [-0.25, -0.2) is 0 Å². The number of nitrogens with zero attached hydrogens (tertiary/aromatic N) is 2. The van der Waals surface area contributed by atoms with E-state index in [1.54, 1.807) is 0 Å². The lowest BCUT2D eigenvalue weighted by Crippen LogP contribution is -2.43. The van der Waals surface area contributed by atoms with Crippen LogP contribution in [-0.4, -0.2) is 38.0 Å². The van der Waals surface area contributed by atoms with Crippen molar-refractivity contribution in [2.45, 2.75) is 39.0 Å². The molecule has 1 aromatic heterocycles. The molecule has 1 aliphatic rings. The molecule has 0 saturated heterocycles. The quantitative estimate of drug-likeness (QED) is 0.666. The molecule has 112 valence electrons. The molecule has 1 fully saturated rings. The van der Waals surface area contributed by atoms with E-state index in [9.17, 15) is 0 Å². The molecule has 0 bridgehead atoms. The van der Waals surface area contributed by atoms with E-state index in [-0.39, 0.29) is 0 Å². The van der Waals surface area contributed by atoms with Crippen molar-refractivity contribution in [2.75, 3.05) is 27.2 Å². The van der Waals surface area contributed by atoms with Crippen LogP contribution in [0.25, 0.3) is 0 Å². The Bertz CT molecular complexity index is 419. The van der Waals surface area contributed by atoms with Gasteiger partial charge in [-0.3, -0.25) is 4.99 Å². The fourth-order valence-electron chi connectivity index (χ4n) is 2.92. The summed E-state index contributed by atoms with van der Waals surface area (Å²) in [5.41, 5.74) is 0.463. The van der Waals surface area contributed by atoms with Gasteiger partial charge in [0.25, 0.3) is 0 Å². The topological polar surface area (TPSA) is 27.6 Å². The van der Waals surface area contributed by atoms with Crippen molar-refractivity contribution in [3.8, 4) is 0 Å². The summed E-state index contributed by atoms with van der Waals surface area (Å²) < 4.78 is 0. The molecular formula is C16H27N3S. The molecule has 0 aromatic carbocycles. The van der Waals surface area contributed by atoms with Gasteiger partial charge in [-0.2, -0.15) is 0 Å². The van der Waals surface area contributed by atoms with Crippen LogP contribution in [0, 0.1) is 5.41 Å². The third kappa shape index (κ3) is 4.23. The van der Waals surface area contributed by atoms with Crippen molar-refractivity contribution in [3.63, 3.8) is 0 Å². The highest BCUT2D eigenvalue weighted by atomic mass is 32.1. The second kappa shape index (κ2) is 7.11. The van der Waals surface area contributed by atoms with E-state index in [2.05, 4.69) is 46.7 Å². The lowest BCUT2D eigenvalue weighted by Gasteiger charge is -2.28. The number of rotatable bonds is 5. The molecule has 3 nitrogen and oxygen atoms in total. The molecule has 4 heteroatoms. The Labute approximate surface area is 127 Å². The predicted octanol–water partition coefficient (Wildman–Crippen LogP) is 3.38. The van der Waals surface area contributed by atoms with Crippen molar-refractivity contribution in [2.24, 2.45) is 10.4 Å². The molecule has 0 unspecified atom stereocenters. The standard InChI is InChI=1S/C16H27N3S/c1-16(9-4-5-10-16)13-18-15(17-2)19(3)11-8-14-7-6-12-20-14/h6-7,12H,4-5,8-11,13H2,1-3H3,(H,17,18). The molecular weight excluding hydrogens is 266 g/mol. The zero-order chi connectivity index (χ0) is 14.4. The number of aliphatic imine (C=N–C) groups is 1. The highest BCUT2D eigenvalue weighted by Crippen LogP contribution is 2.36. The second-order valence-corrected chi connectivity index (χ2v) is 7.20. The number of thiophene rings is 1. The van der Waals surface area contributed by atoms with Crippen LogP contribution in [0.15, 0.2) is 22.5 Å². The van der Waals surface area contributed by atoms with Gasteiger partial charge in [0, 0.05) is 32.1 Å². The monoisotopic (exact) mass is 293 g/mol. The average Bonchev–Trinajstić information content (AvgIpc) is 3.09. The van der Waals surface area contributed by atoms with Crippen molar-refractivity contribution >= 4 is 17.3 Å². The van der Waals surface area contributed by atoms with Crippen molar-refractivity contribution in [1.82, 2.24) is 10.2 Å². The van der Waals surface area contributed by atoms with Crippen LogP contribution in [0.5, 0.6) is 0 Å². The summed E-state index contributed by atoms with van der Waals surface area (Å²) in [7, 11) is 4.00. The van der Waals surface area contributed by atoms with Crippen molar-refractivity contribution < 1.29 is 0 Å². The minimum absolute atomic E-state index is 0.463. The van der Waals surface area contributed by atoms with Gasteiger partial charge in [0.05, 0.1) is 0 Å². The summed E-state index contributed by atoms with van der Waals surface area (Å²) >= 11 is 1.83. The molecule has 0 aliphatic heterocycles. The molecule has 1 heterocycles. The van der Waals surface area contributed by atoms with E-state index in [1.807, 2.05) is 18.4 Å². The van der Waals surface area contributed by atoms with Gasteiger partial charge in [-0.1, -0.05) is 25.8 Å². The van der Waals surface area contributed by atoms with E-state index in [0.717, 1.165) is 25.5 Å². The van der Waals surface area contributed by atoms with Crippen LogP contribution in [0.1, 0.15) is 37.5 Å². The lowest BCUT2D eigenvalue weighted by atomic mass is 9.89. The molecule has 1 aliphatic carbocycles. The first-order valence-corrected chi connectivity index (χ1v) is 8.45. The Morgan fingerprint density at radius 2 is 2.20 bits per heavy atom. The number of likely N-dealkylation sites (N-methyl/N-ethyl adjacent to an activating group) is 1. The van der Waals surface area contributed by atoms with Crippen LogP contribution in [0.3, 0.4) is 0 Å². The van der Waals surface area contributed by atoms with Crippen LogP contribution in [-0.2, 0) is 6.42 Å². The van der Waals surface area contributed by atoms with Gasteiger partial charge < -0.3 is 10.2 Å². The van der Waals surface area contributed by atoms with Gasteiger partial charge in [0.1, 0.15) is 0 Å². The highest BCUT2D eigenvalue weighted by molar-refractivity contribution is 7.09. The van der Waals surface area contributed by atoms with Crippen LogP contribution < -0.4 is 5.32 Å². The van der Waals surface area contributed by atoms with Gasteiger partial charge in [0.15, 0.2) is 5.96 Å². The Kier molecular flexibility index (Phi) is 5.46. The summed E-state index contributed by atoms with van der Waals surface area (Å²) in [5, 5.41) is 5.70. The van der Waals surface area contributed by atoms with Gasteiger partial charge in [-0.05, 0) is 36.1 Å². The van der Waals surface area contributed by atoms with Crippen molar-refractivity contribution in [1.29, 1.82) is 0 Å². The maximum Gasteiger partial charge on any atom is 0.193 e. The van der Waals surface area contributed by atoms with E-state index >= 15 is 0 Å². The molecule has 0 spiro atoms. The van der Waals surface area contributed by atoms with Crippen LogP contribution in [0.4, 0.5) is 0 Å². The predicted molar refractivity (Wildman–Crippen MR) is 88.6 cm³/mol. The molecule has 0 amide bonds. The minimum atomic E-state index is 0.463. The van der Waals surface area contributed by atoms with Gasteiger partial charge in [0.2, 0.25) is 0 Å². The van der Waals surface area contributed by atoms with Crippen molar-refractivity contribution in [3.05, 3.63) is 22.4 Å². The summed E-state index contributed by atoms with van der Waals surface area (Å²) in [6, 6.07) is 4.32. The third-order valence-electron chi connectivity index (χ3n) is 4.33. The Balaban J connectivity index is 1.78. The van der Waals surface area contributed by atoms with Gasteiger partial charge >= 0.3 is 0 Å². The summed E-state index contributed by atoms with van der Waals surface area (Å²) in [6.45, 7) is 4.45. The van der Waals surface area contributed by atoms with E-state index in [0.29, 0.717) is 5.41 Å². The molecule has 0 radical (unpaired) electrons. The maximum atomic E-state index is 4.41. The first kappa shape index (κ1) is 15.4. The van der Waals surface area contributed by atoms with Gasteiger partial charge in [-0.15, -0.1) is 11.3 Å². The number of nitrogens with one attached hydrogen (secondary N) is 1. The molecule has 1 aromatic rings. The van der Waals surface area contributed by atoms with E-state index in [4.69, 9.17) is 0 Å². The smallest absolute Gasteiger partial charge is 0.193 e. The molecule has 1 saturated carbocycles. The second-order valence-electron chi connectivity index (χ2n) is 6.17. The highest BCUT2D eigenvalue weighted by Gasteiger charge is 2.28. The van der Waals surface area contributed by atoms with E-state index < -0.39 is 0 Å². The fraction of sp³-hybridized carbons (Fsp3) is 0.688. The Morgan fingerprint density at radius 3 is 2.80 bits per heavy atom.